The van der Waals surface area contributed by atoms with E-state index in [1.165, 1.54) is 4.57 Å². The van der Waals surface area contributed by atoms with E-state index in [0.717, 1.165) is 5.56 Å². The first-order chi connectivity index (χ1) is 4.20. The largest absolute Gasteiger partial charge is 0.352 e. The third-order valence-electron chi connectivity index (χ3n) is 1.17. The van der Waals surface area contributed by atoms with E-state index in [1.54, 1.807) is 13.2 Å². The SMILES string of the molecule is Cc1[c-]c(=O)n(C)cc1.[Re]. The second-order valence-corrected chi connectivity index (χ2v) is 2.04. The van der Waals surface area contributed by atoms with E-state index in [0.29, 0.717) is 0 Å². The average Bonchev–Trinajstić information content (AvgIpc) is 1.80. The Morgan fingerprint density at radius 3 is 2.60 bits per heavy atom. The van der Waals surface area contributed by atoms with Crippen molar-refractivity contribution in [3.05, 3.63) is 34.2 Å². The molecule has 1 aromatic rings. The third kappa shape index (κ3) is 2.09. The Morgan fingerprint density at radius 2 is 2.20 bits per heavy atom. The molecule has 0 N–H and O–H groups in total. The number of rotatable bonds is 0. The van der Waals surface area contributed by atoms with Crippen molar-refractivity contribution in [2.75, 3.05) is 0 Å². The van der Waals surface area contributed by atoms with E-state index >= 15 is 0 Å². The molecule has 0 spiro atoms. The van der Waals surface area contributed by atoms with Crippen LogP contribution >= 0.6 is 0 Å². The summed E-state index contributed by atoms with van der Waals surface area (Å²) in [4.78, 5) is 10.7. The first kappa shape index (κ1) is 9.61. The van der Waals surface area contributed by atoms with Crippen molar-refractivity contribution in [2.24, 2.45) is 7.05 Å². The molecule has 0 aliphatic carbocycles. The van der Waals surface area contributed by atoms with Gasteiger partial charge in [0.15, 0.2) is 5.56 Å². The molecule has 0 bridgehead atoms. The zero-order valence-corrected chi connectivity index (χ0v) is 8.60. The molecule has 2 nitrogen and oxygen atoms in total. The van der Waals surface area contributed by atoms with E-state index in [2.05, 4.69) is 6.07 Å². The van der Waals surface area contributed by atoms with E-state index in [-0.39, 0.29) is 26.0 Å². The van der Waals surface area contributed by atoms with Crippen molar-refractivity contribution >= 4 is 0 Å². The summed E-state index contributed by atoms with van der Waals surface area (Å²) >= 11 is 0. The summed E-state index contributed by atoms with van der Waals surface area (Å²) in [6.45, 7) is 1.85. The normalized spacial score (nSPS) is 8.60. The Labute approximate surface area is 73.5 Å². The molecule has 1 aromatic heterocycles. The second-order valence-electron chi connectivity index (χ2n) is 2.04. The van der Waals surface area contributed by atoms with Gasteiger partial charge in [-0.3, -0.25) is 4.79 Å². The molecule has 0 amide bonds. The van der Waals surface area contributed by atoms with Crippen LogP contribution in [-0.2, 0) is 27.5 Å². The van der Waals surface area contributed by atoms with Gasteiger partial charge in [0.1, 0.15) is 0 Å². The maximum atomic E-state index is 10.7. The summed E-state index contributed by atoms with van der Waals surface area (Å²) in [6, 6.07) is 4.49. The van der Waals surface area contributed by atoms with E-state index in [9.17, 15) is 4.79 Å². The van der Waals surface area contributed by atoms with Crippen LogP contribution in [0.25, 0.3) is 0 Å². The van der Waals surface area contributed by atoms with Crippen LogP contribution in [0.15, 0.2) is 17.1 Å². The fraction of sp³-hybridized carbons (Fsp3) is 0.286. The molecule has 1 rings (SSSR count). The molecule has 0 unspecified atom stereocenters. The summed E-state index contributed by atoms with van der Waals surface area (Å²) in [5, 5.41) is 0. The third-order valence-corrected chi connectivity index (χ3v) is 1.17. The first-order valence-electron chi connectivity index (χ1n) is 2.76. The zero-order chi connectivity index (χ0) is 6.85. The van der Waals surface area contributed by atoms with Gasteiger partial charge >= 0.3 is 0 Å². The van der Waals surface area contributed by atoms with E-state index < -0.39 is 0 Å². The Bertz CT molecular complexity index is 267. The second kappa shape index (κ2) is 3.70. The van der Waals surface area contributed by atoms with Crippen molar-refractivity contribution in [3.8, 4) is 0 Å². The molecular formula is C7H8NORe-. The Balaban J connectivity index is 0.000000810. The maximum absolute atomic E-state index is 10.7. The van der Waals surface area contributed by atoms with Crippen molar-refractivity contribution in [1.29, 1.82) is 0 Å². The van der Waals surface area contributed by atoms with Crippen molar-refractivity contribution in [1.82, 2.24) is 4.57 Å². The zero-order valence-electron chi connectivity index (χ0n) is 5.89. The number of nitrogens with zero attached hydrogens (tertiary/aromatic N) is 1. The van der Waals surface area contributed by atoms with Gasteiger partial charge < -0.3 is 4.57 Å². The van der Waals surface area contributed by atoms with Crippen LogP contribution in [0.3, 0.4) is 0 Å². The minimum absolute atomic E-state index is 0. The van der Waals surface area contributed by atoms with Gasteiger partial charge in [-0.25, -0.2) is 5.56 Å². The number of hydrogen-bond donors (Lipinski definition) is 0. The number of aryl methyl sites for hydroxylation is 2. The predicted molar refractivity (Wildman–Crippen MR) is 35.3 cm³/mol. The molecule has 0 aromatic carbocycles. The minimum Gasteiger partial charge on any atom is -0.352 e. The average molecular weight is 308 g/mol. The first-order valence-corrected chi connectivity index (χ1v) is 2.76. The molecule has 0 atom stereocenters. The van der Waals surface area contributed by atoms with Crippen LogP contribution in [0.4, 0.5) is 0 Å². The van der Waals surface area contributed by atoms with Gasteiger partial charge in [0, 0.05) is 27.5 Å². The molecule has 3 heteroatoms. The van der Waals surface area contributed by atoms with Gasteiger partial charge in [-0.05, 0) is 0 Å². The summed E-state index contributed by atoms with van der Waals surface area (Å²) < 4.78 is 1.49. The smallest absolute Gasteiger partial charge is 0.158 e. The molecular weight excluding hydrogens is 300 g/mol. The van der Waals surface area contributed by atoms with Gasteiger partial charge in [-0.2, -0.15) is 12.1 Å². The number of hydrogen-bond acceptors (Lipinski definition) is 1. The summed E-state index contributed by atoms with van der Waals surface area (Å²) in [5.74, 6) is 0. The molecule has 0 saturated heterocycles. The molecule has 1 heterocycles. The molecule has 0 aliphatic heterocycles. The Morgan fingerprint density at radius 1 is 1.60 bits per heavy atom. The molecule has 1 radical (unpaired) electrons. The topological polar surface area (TPSA) is 22.0 Å². The monoisotopic (exact) mass is 309 g/mol. The maximum Gasteiger partial charge on any atom is 0.158 e. The van der Waals surface area contributed by atoms with Crippen LogP contribution in [0.1, 0.15) is 5.56 Å². The van der Waals surface area contributed by atoms with Gasteiger partial charge in [0.05, 0.1) is 0 Å². The Kier molecular flexibility index (Phi) is 3.56. The van der Waals surface area contributed by atoms with Gasteiger partial charge in [-0.1, -0.05) is 13.1 Å². The molecule has 0 aliphatic rings. The number of pyridine rings is 1. The van der Waals surface area contributed by atoms with E-state index in [4.69, 9.17) is 0 Å². The summed E-state index contributed by atoms with van der Waals surface area (Å²) in [5.41, 5.74) is 0.813. The fourth-order valence-electron chi connectivity index (χ4n) is 0.590. The predicted octanol–water partition coefficient (Wildman–Crippen LogP) is 0.491. The van der Waals surface area contributed by atoms with Crippen molar-refractivity contribution < 1.29 is 20.4 Å². The molecule has 10 heavy (non-hydrogen) atoms. The van der Waals surface area contributed by atoms with Crippen LogP contribution in [0.5, 0.6) is 0 Å². The molecule has 55 valence electrons. The van der Waals surface area contributed by atoms with Crippen molar-refractivity contribution in [2.45, 2.75) is 6.92 Å². The standard InChI is InChI=1S/C7H8NO.Re/c1-6-3-4-8(2)7(9)5-6;/h3-4H,1-2H3;/q-1;. The Hall–Kier alpha value is -0.388. The van der Waals surface area contributed by atoms with E-state index in [1.807, 2.05) is 13.0 Å². The van der Waals surface area contributed by atoms with Gasteiger partial charge in [-0.15, -0.1) is 0 Å². The molecule has 0 saturated carbocycles. The summed E-state index contributed by atoms with van der Waals surface area (Å²) in [6.07, 6.45) is 1.73. The minimum atomic E-state index is -0.0741. The summed E-state index contributed by atoms with van der Waals surface area (Å²) in [7, 11) is 1.71. The van der Waals surface area contributed by atoms with Crippen molar-refractivity contribution in [3.63, 3.8) is 0 Å². The van der Waals surface area contributed by atoms with Gasteiger partial charge in [0.2, 0.25) is 0 Å². The molecule has 0 fully saturated rings. The number of aromatic nitrogens is 1. The quantitative estimate of drug-likeness (QED) is 0.640. The van der Waals surface area contributed by atoms with Crippen LogP contribution in [-0.4, -0.2) is 4.57 Å². The van der Waals surface area contributed by atoms with Gasteiger partial charge in [0.25, 0.3) is 0 Å². The van der Waals surface area contributed by atoms with Crippen LogP contribution in [0, 0.1) is 13.0 Å². The van der Waals surface area contributed by atoms with Crippen LogP contribution in [0.2, 0.25) is 0 Å². The van der Waals surface area contributed by atoms with Crippen LogP contribution < -0.4 is 5.56 Å². The fourth-order valence-corrected chi connectivity index (χ4v) is 0.590.